The number of likely N-dealkylation sites (N-methyl/N-ethyl adjacent to an activating group) is 1. The van der Waals surface area contributed by atoms with Crippen molar-refractivity contribution in [3.05, 3.63) is 40.8 Å². The Hall–Kier alpha value is -2.78. The van der Waals surface area contributed by atoms with E-state index in [1.165, 1.54) is 24.2 Å². The summed E-state index contributed by atoms with van der Waals surface area (Å²) in [7, 11) is 3.58. The van der Waals surface area contributed by atoms with Crippen LogP contribution in [0.15, 0.2) is 24.5 Å². The molecule has 1 amide bonds. The van der Waals surface area contributed by atoms with Crippen LogP contribution in [0.1, 0.15) is 60.7 Å². The van der Waals surface area contributed by atoms with Crippen LogP contribution in [0.25, 0.3) is 10.1 Å². The van der Waals surface area contributed by atoms with E-state index < -0.39 is 5.82 Å². The Bertz CT molecular complexity index is 1250. The van der Waals surface area contributed by atoms with Crippen LogP contribution in [0.3, 0.4) is 0 Å². The molecular formula is C27H35FN6OS. The van der Waals surface area contributed by atoms with Crippen LogP contribution in [0, 0.1) is 5.82 Å². The lowest BCUT2D eigenvalue weighted by molar-refractivity contribution is 0.0831. The molecule has 0 bridgehead atoms. The van der Waals surface area contributed by atoms with Gasteiger partial charge in [0.1, 0.15) is 5.82 Å². The molecule has 2 fully saturated rings. The van der Waals surface area contributed by atoms with Crippen molar-refractivity contribution in [3.8, 4) is 0 Å². The molecule has 2 aliphatic rings. The van der Waals surface area contributed by atoms with Gasteiger partial charge < -0.3 is 15.1 Å². The lowest BCUT2D eigenvalue weighted by Crippen LogP contribution is -2.51. The minimum atomic E-state index is -0.398. The van der Waals surface area contributed by atoms with E-state index >= 15 is 4.39 Å². The number of amides is 1. The van der Waals surface area contributed by atoms with Gasteiger partial charge in [0.2, 0.25) is 0 Å². The number of carbonyl (C=O) groups excluding carboxylic acids is 1. The Morgan fingerprint density at radius 3 is 2.64 bits per heavy atom. The number of anilines is 3. The summed E-state index contributed by atoms with van der Waals surface area (Å²) >= 11 is 1.50. The molecule has 5 rings (SSSR count). The predicted molar refractivity (Wildman–Crippen MR) is 145 cm³/mol. The van der Waals surface area contributed by atoms with Crippen LogP contribution in [0.4, 0.5) is 21.7 Å². The van der Waals surface area contributed by atoms with E-state index in [0.29, 0.717) is 17.8 Å². The molecule has 0 aromatic carbocycles. The number of thiophene rings is 1. The van der Waals surface area contributed by atoms with Crippen molar-refractivity contribution in [2.45, 2.75) is 51.5 Å². The fourth-order valence-electron chi connectivity index (χ4n) is 5.59. The van der Waals surface area contributed by atoms with Crippen molar-refractivity contribution in [2.75, 3.05) is 50.5 Å². The van der Waals surface area contributed by atoms with Crippen LogP contribution in [0.2, 0.25) is 0 Å². The Morgan fingerprint density at radius 1 is 1.19 bits per heavy atom. The van der Waals surface area contributed by atoms with E-state index in [9.17, 15) is 4.79 Å². The highest BCUT2D eigenvalue weighted by Gasteiger charge is 2.28. The van der Waals surface area contributed by atoms with Crippen molar-refractivity contribution >= 4 is 44.7 Å². The van der Waals surface area contributed by atoms with Crippen LogP contribution < -0.4 is 10.2 Å². The topological polar surface area (TPSA) is 64.6 Å². The minimum absolute atomic E-state index is 0.0324. The van der Waals surface area contributed by atoms with Crippen molar-refractivity contribution in [2.24, 2.45) is 0 Å². The highest BCUT2D eigenvalue weighted by atomic mass is 32.1. The number of hydrogen-bond acceptors (Lipinski definition) is 7. The smallest absolute Gasteiger partial charge is 0.263 e. The molecule has 1 saturated carbocycles. The van der Waals surface area contributed by atoms with Crippen molar-refractivity contribution in [3.63, 3.8) is 0 Å². The third kappa shape index (κ3) is 4.78. The highest BCUT2D eigenvalue weighted by Crippen LogP contribution is 2.44. The second kappa shape index (κ2) is 10.3. The molecule has 192 valence electrons. The molecule has 0 spiro atoms. The number of nitrogens with zero attached hydrogens (tertiary/aromatic N) is 5. The summed E-state index contributed by atoms with van der Waals surface area (Å²) in [6.45, 7) is 8.09. The van der Waals surface area contributed by atoms with Gasteiger partial charge in [0.15, 0.2) is 11.6 Å². The molecule has 4 heterocycles. The summed E-state index contributed by atoms with van der Waals surface area (Å²) in [5, 5.41) is 4.12. The Kier molecular flexibility index (Phi) is 7.12. The Morgan fingerprint density at radius 2 is 1.97 bits per heavy atom. The quantitative estimate of drug-likeness (QED) is 0.475. The normalized spacial score (nSPS) is 19.2. The molecule has 1 aliphatic heterocycles. The van der Waals surface area contributed by atoms with Gasteiger partial charge in [-0.25, -0.2) is 14.4 Å². The first-order chi connectivity index (χ1) is 17.4. The molecule has 1 N–H and O–H groups in total. The summed E-state index contributed by atoms with van der Waals surface area (Å²) in [5.74, 6) is 0.702. The van der Waals surface area contributed by atoms with Crippen LogP contribution in [-0.4, -0.2) is 72.0 Å². The maximum absolute atomic E-state index is 15.1. The summed E-state index contributed by atoms with van der Waals surface area (Å²) in [6.07, 6.45) is 8.07. The van der Waals surface area contributed by atoms with E-state index in [0.717, 1.165) is 65.2 Å². The van der Waals surface area contributed by atoms with E-state index in [1.54, 1.807) is 37.5 Å². The van der Waals surface area contributed by atoms with E-state index in [1.807, 2.05) is 6.07 Å². The summed E-state index contributed by atoms with van der Waals surface area (Å²) < 4.78 is 16.1. The van der Waals surface area contributed by atoms with Crippen LogP contribution in [-0.2, 0) is 0 Å². The predicted octanol–water partition coefficient (Wildman–Crippen LogP) is 5.46. The molecule has 1 saturated heterocycles. The first kappa shape index (κ1) is 24.9. The molecule has 1 aliphatic carbocycles. The number of nitrogens with one attached hydrogen (secondary N) is 1. The van der Waals surface area contributed by atoms with Gasteiger partial charge in [0.25, 0.3) is 5.91 Å². The van der Waals surface area contributed by atoms with Crippen molar-refractivity contribution in [1.29, 1.82) is 0 Å². The minimum Gasteiger partial charge on any atom is -0.367 e. The molecule has 0 radical (unpaired) electrons. The van der Waals surface area contributed by atoms with E-state index in [-0.39, 0.29) is 11.7 Å². The molecular weight excluding hydrogens is 475 g/mol. The number of fused-ring (bicyclic) bond motifs is 1. The third-order valence-corrected chi connectivity index (χ3v) is 8.73. The monoisotopic (exact) mass is 510 g/mol. The Balaban J connectivity index is 1.41. The first-order valence-electron chi connectivity index (χ1n) is 12.9. The molecule has 7 nitrogen and oxygen atoms in total. The second-order valence-corrected chi connectivity index (χ2v) is 11.2. The van der Waals surface area contributed by atoms with Gasteiger partial charge in [0.05, 0.1) is 21.5 Å². The van der Waals surface area contributed by atoms with Gasteiger partial charge in [-0.1, -0.05) is 19.8 Å². The lowest BCUT2D eigenvalue weighted by atomic mass is 9.94. The maximum Gasteiger partial charge on any atom is 0.263 e. The fraction of sp³-hybridized carbons (Fsp3) is 0.519. The average Bonchev–Trinajstić information content (AvgIpc) is 3.52. The number of halogens is 1. The Labute approximate surface area is 216 Å². The van der Waals surface area contributed by atoms with Gasteiger partial charge in [-0.3, -0.25) is 9.69 Å². The van der Waals surface area contributed by atoms with E-state index in [4.69, 9.17) is 0 Å². The SMILES string of the molecule is CCN1CCN(c2cnc(Nc3cc4c(C5CCCC5)c(C(=O)N(C)C)sc4cn3)c(F)c2)C[C@@H]1C. The highest BCUT2D eigenvalue weighted by molar-refractivity contribution is 7.21. The van der Waals surface area contributed by atoms with Crippen LogP contribution in [0.5, 0.6) is 0 Å². The lowest BCUT2D eigenvalue weighted by Gasteiger charge is -2.40. The fourth-order valence-corrected chi connectivity index (χ4v) is 6.85. The number of aromatic nitrogens is 2. The number of hydrogen-bond donors (Lipinski definition) is 1. The number of pyridine rings is 2. The van der Waals surface area contributed by atoms with E-state index in [2.05, 4.69) is 38.9 Å². The number of piperazine rings is 1. The van der Waals surface area contributed by atoms with Gasteiger partial charge in [-0.05, 0) is 43.9 Å². The van der Waals surface area contributed by atoms with Gasteiger partial charge in [0, 0.05) is 57.4 Å². The van der Waals surface area contributed by atoms with Gasteiger partial charge in [-0.2, -0.15) is 0 Å². The average molecular weight is 511 g/mol. The number of carbonyl (C=O) groups is 1. The summed E-state index contributed by atoms with van der Waals surface area (Å²) in [4.78, 5) is 29.0. The molecule has 3 aromatic heterocycles. The zero-order valence-electron chi connectivity index (χ0n) is 21.6. The molecule has 9 heteroatoms. The van der Waals surface area contributed by atoms with Crippen molar-refractivity contribution < 1.29 is 9.18 Å². The summed E-state index contributed by atoms with van der Waals surface area (Å²) in [6, 6.07) is 3.93. The standard InChI is InChI=1S/C27H35FN6OS/c1-5-33-10-11-34(16-17(33)2)19-12-21(28)26(30-14-19)31-23-13-20-22(15-29-23)36-25(27(35)32(3)4)24(20)18-8-6-7-9-18/h12-15,17-18H,5-11,16H2,1-4H3,(H,29,30,31)/t17-/m0/s1. The summed E-state index contributed by atoms with van der Waals surface area (Å²) in [5.41, 5.74) is 1.93. The van der Waals surface area contributed by atoms with Crippen LogP contribution >= 0.6 is 11.3 Å². The van der Waals surface area contributed by atoms with Gasteiger partial charge >= 0.3 is 0 Å². The second-order valence-electron chi connectivity index (χ2n) is 10.2. The zero-order valence-corrected chi connectivity index (χ0v) is 22.4. The van der Waals surface area contributed by atoms with Crippen molar-refractivity contribution in [1.82, 2.24) is 19.8 Å². The van der Waals surface area contributed by atoms with Gasteiger partial charge in [-0.15, -0.1) is 11.3 Å². The molecule has 0 unspecified atom stereocenters. The molecule has 36 heavy (non-hydrogen) atoms. The first-order valence-corrected chi connectivity index (χ1v) is 13.7. The molecule has 3 aromatic rings. The zero-order chi connectivity index (χ0) is 25.4. The maximum atomic E-state index is 15.1. The largest absolute Gasteiger partial charge is 0.367 e. The number of rotatable bonds is 6. The molecule has 1 atom stereocenters. The third-order valence-electron chi connectivity index (χ3n) is 7.59.